The minimum atomic E-state index is 0.107. The molecule has 3 rings (SSSR count). The van der Waals surface area contributed by atoms with Crippen LogP contribution in [0.1, 0.15) is 18.0 Å². The zero-order valence-electron chi connectivity index (χ0n) is 11.8. The van der Waals surface area contributed by atoms with Crippen LogP contribution in [0.2, 0.25) is 0 Å². The summed E-state index contributed by atoms with van der Waals surface area (Å²) in [6, 6.07) is 8.62. The molecule has 1 saturated heterocycles. The number of nitrogens with zero attached hydrogens (tertiary/aromatic N) is 2. The molecule has 5 nitrogen and oxygen atoms in total. The van der Waals surface area contributed by atoms with Crippen LogP contribution in [0, 0.1) is 0 Å². The van der Waals surface area contributed by atoms with E-state index in [-0.39, 0.29) is 6.03 Å². The monoisotopic (exact) mass is 275 g/mol. The zero-order chi connectivity index (χ0) is 13.9. The number of ether oxygens (including phenoxy) is 1. The van der Waals surface area contributed by atoms with Crippen LogP contribution in [0.5, 0.6) is 0 Å². The highest BCUT2D eigenvalue weighted by molar-refractivity contribution is 5.93. The predicted molar refractivity (Wildman–Crippen MR) is 78.0 cm³/mol. The van der Waals surface area contributed by atoms with Gasteiger partial charge in [0.2, 0.25) is 0 Å². The number of hydrogen-bond acceptors (Lipinski definition) is 3. The molecule has 2 amide bonds. The Morgan fingerprint density at radius 1 is 1.25 bits per heavy atom. The maximum atomic E-state index is 12.7. The quantitative estimate of drug-likeness (QED) is 0.847. The van der Waals surface area contributed by atoms with Crippen molar-refractivity contribution in [3.8, 4) is 0 Å². The summed E-state index contributed by atoms with van der Waals surface area (Å²) in [4.78, 5) is 16.5. The average Bonchev–Trinajstić information content (AvgIpc) is 2.54. The molecule has 0 aromatic heterocycles. The summed E-state index contributed by atoms with van der Waals surface area (Å²) in [7, 11) is 1.97. The van der Waals surface area contributed by atoms with Gasteiger partial charge in [-0.05, 0) is 25.1 Å². The molecule has 2 aliphatic heterocycles. The van der Waals surface area contributed by atoms with Gasteiger partial charge >= 0.3 is 6.03 Å². The Morgan fingerprint density at radius 3 is 2.75 bits per heavy atom. The SMILES string of the molecule is CNC1CCN(C(=O)N2CCOCC2)c2ccccc21. The minimum absolute atomic E-state index is 0.107. The Bertz CT molecular complexity index is 486. The van der Waals surface area contributed by atoms with E-state index in [1.165, 1.54) is 5.56 Å². The number of benzene rings is 1. The molecule has 0 radical (unpaired) electrons. The standard InChI is InChI=1S/C15H21N3O2/c1-16-13-6-7-18(14-5-3-2-4-12(13)14)15(19)17-8-10-20-11-9-17/h2-5,13,16H,6-11H2,1H3. The first kappa shape index (κ1) is 13.4. The third kappa shape index (κ3) is 2.39. The van der Waals surface area contributed by atoms with Crippen LogP contribution in [0.15, 0.2) is 24.3 Å². The molecule has 0 saturated carbocycles. The zero-order valence-corrected chi connectivity index (χ0v) is 11.8. The van der Waals surface area contributed by atoms with E-state index < -0.39 is 0 Å². The third-order valence-electron chi connectivity index (χ3n) is 4.11. The van der Waals surface area contributed by atoms with Gasteiger partial charge in [0.15, 0.2) is 0 Å². The topological polar surface area (TPSA) is 44.8 Å². The van der Waals surface area contributed by atoms with Crippen molar-refractivity contribution >= 4 is 11.7 Å². The molecule has 0 aliphatic carbocycles. The molecule has 1 fully saturated rings. The highest BCUT2D eigenvalue weighted by atomic mass is 16.5. The highest BCUT2D eigenvalue weighted by Crippen LogP contribution is 2.33. The average molecular weight is 275 g/mol. The second-order valence-corrected chi connectivity index (χ2v) is 5.22. The number of morpholine rings is 1. The van der Waals surface area contributed by atoms with Crippen LogP contribution in [-0.2, 0) is 4.74 Å². The Kier molecular flexibility index (Phi) is 3.89. The normalized spacial score (nSPS) is 22.6. The van der Waals surface area contributed by atoms with Gasteiger partial charge in [0.25, 0.3) is 0 Å². The second kappa shape index (κ2) is 5.81. The van der Waals surface area contributed by atoms with E-state index in [9.17, 15) is 4.79 Å². The molecule has 1 N–H and O–H groups in total. The van der Waals surface area contributed by atoms with Gasteiger partial charge in [0, 0.05) is 25.7 Å². The van der Waals surface area contributed by atoms with Crippen molar-refractivity contribution in [1.29, 1.82) is 0 Å². The van der Waals surface area contributed by atoms with Crippen LogP contribution in [0.3, 0.4) is 0 Å². The van der Waals surface area contributed by atoms with Crippen LogP contribution >= 0.6 is 0 Å². The summed E-state index contributed by atoms with van der Waals surface area (Å²) in [5, 5.41) is 3.33. The number of para-hydroxylation sites is 1. The molecule has 108 valence electrons. The number of nitrogens with one attached hydrogen (secondary N) is 1. The van der Waals surface area contributed by atoms with Gasteiger partial charge in [-0.25, -0.2) is 4.79 Å². The first-order chi connectivity index (χ1) is 9.81. The number of rotatable bonds is 1. The van der Waals surface area contributed by atoms with Crippen LogP contribution in [0.4, 0.5) is 10.5 Å². The molecule has 1 aromatic carbocycles. The van der Waals surface area contributed by atoms with E-state index in [4.69, 9.17) is 4.74 Å². The molecule has 2 heterocycles. The summed E-state index contributed by atoms with van der Waals surface area (Å²) in [6.45, 7) is 3.42. The lowest BCUT2D eigenvalue weighted by Crippen LogP contribution is -2.50. The van der Waals surface area contributed by atoms with Crippen molar-refractivity contribution < 1.29 is 9.53 Å². The Balaban J connectivity index is 1.85. The van der Waals surface area contributed by atoms with Gasteiger partial charge in [0.1, 0.15) is 0 Å². The van der Waals surface area contributed by atoms with Crippen molar-refractivity contribution in [3.05, 3.63) is 29.8 Å². The van der Waals surface area contributed by atoms with E-state index in [1.807, 2.05) is 35.0 Å². The van der Waals surface area contributed by atoms with E-state index >= 15 is 0 Å². The summed E-state index contributed by atoms with van der Waals surface area (Å²) in [6.07, 6.45) is 0.948. The van der Waals surface area contributed by atoms with Gasteiger partial charge in [-0.15, -0.1) is 0 Å². The number of hydrogen-bond donors (Lipinski definition) is 1. The van der Waals surface area contributed by atoms with Crippen molar-refractivity contribution in [1.82, 2.24) is 10.2 Å². The fourth-order valence-electron chi connectivity index (χ4n) is 2.99. The number of fused-ring (bicyclic) bond motifs is 1. The van der Waals surface area contributed by atoms with Crippen LogP contribution in [0.25, 0.3) is 0 Å². The summed E-state index contributed by atoms with van der Waals surface area (Å²) in [5.74, 6) is 0. The van der Waals surface area contributed by atoms with Gasteiger partial charge in [-0.2, -0.15) is 0 Å². The van der Waals surface area contributed by atoms with Crippen molar-refractivity contribution in [2.75, 3.05) is 44.8 Å². The van der Waals surface area contributed by atoms with Crippen molar-refractivity contribution in [3.63, 3.8) is 0 Å². The maximum Gasteiger partial charge on any atom is 0.324 e. The number of amides is 2. The lowest BCUT2D eigenvalue weighted by molar-refractivity contribution is 0.0547. The molecule has 20 heavy (non-hydrogen) atoms. The first-order valence-electron chi connectivity index (χ1n) is 7.21. The maximum absolute atomic E-state index is 12.7. The van der Waals surface area contributed by atoms with Gasteiger partial charge in [0.05, 0.1) is 18.9 Å². The Hall–Kier alpha value is -1.59. The number of urea groups is 1. The number of carbonyl (C=O) groups is 1. The van der Waals surface area contributed by atoms with Gasteiger partial charge in [-0.1, -0.05) is 18.2 Å². The van der Waals surface area contributed by atoms with Crippen molar-refractivity contribution in [2.45, 2.75) is 12.5 Å². The molecule has 2 aliphatic rings. The predicted octanol–water partition coefficient (Wildman–Crippen LogP) is 1.61. The second-order valence-electron chi connectivity index (χ2n) is 5.22. The Labute approximate surface area is 119 Å². The first-order valence-corrected chi connectivity index (χ1v) is 7.21. The summed E-state index contributed by atoms with van der Waals surface area (Å²) < 4.78 is 5.32. The lowest BCUT2D eigenvalue weighted by atomic mass is 9.97. The fraction of sp³-hybridized carbons (Fsp3) is 0.533. The number of carbonyl (C=O) groups excluding carboxylic acids is 1. The fourth-order valence-corrected chi connectivity index (χ4v) is 2.99. The van der Waals surface area contributed by atoms with Gasteiger partial charge < -0.3 is 15.0 Å². The lowest BCUT2D eigenvalue weighted by Gasteiger charge is -2.38. The van der Waals surface area contributed by atoms with Crippen LogP contribution in [-0.4, -0.2) is 50.8 Å². The van der Waals surface area contributed by atoms with E-state index in [1.54, 1.807) is 0 Å². The molecule has 5 heteroatoms. The third-order valence-corrected chi connectivity index (χ3v) is 4.11. The molecule has 1 aromatic rings. The smallest absolute Gasteiger partial charge is 0.324 e. The summed E-state index contributed by atoms with van der Waals surface area (Å²) in [5.41, 5.74) is 2.25. The van der Waals surface area contributed by atoms with E-state index in [0.29, 0.717) is 32.3 Å². The van der Waals surface area contributed by atoms with Crippen molar-refractivity contribution in [2.24, 2.45) is 0 Å². The van der Waals surface area contributed by atoms with Crippen LogP contribution < -0.4 is 10.2 Å². The largest absolute Gasteiger partial charge is 0.378 e. The number of anilines is 1. The van der Waals surface area contributed by atoms with E-state index in [0.717, 1.165) is 18.7 Å². The molecule has 1 unspecified atom stereocenters. The summed E-state index contributed by atoms with van der Waals surface area (Å²) >= 11 is 0. The molecular formula is C15H21N3O2. The molecule has 0 spiro atoms. The van der Waals surface area contributed by atoms with Gasteiger partial charge in [-0.3, -0.25) is 4.90 Å². The molecule has 1 atom stereocenters. The minimum Gasteiger partial charge on any atom is -0.378 e. The molecular weight excluding hydrogens is 254 g/mol. The highest BCUT2D eigenvalue weighted by Gasteiger charge is 2.30. The Morgan fingerprint density at radius 2 is 2.00 bits per heavy atom. The van der Waals surface area contributed by atoms with E-state index in [2.05, 4.69) is 11.4 Å². The molecule has 0 bridgehead atoms.